The number of nitrogens with zero attached hydrogens (tertiary/aromatic N) is 1. The van der Waals surface area contributed by atoms with Crippen LogP contribution in [0.5, 0.6) is 0 Å². The molecule has 1 atom stereocenters. The average molecular weight is 421 g/mol. The van der Waals surface area contributed by atoms with Gasteiger partial charge in [0, 0.05) is 29.8 Å². The Hall–Kier alpha value is -2.22. The molecule has 148 valence electrons. The molecule has 2 aliphatic heterocycles. The second-order valence-corrected chi connectivity index (χ2v) is 8.89. The van der Waals surface area contributed by atoms with Gasteiger partial charge in [-0.3, -0.25) is 9.59 Å². The molecule has 2 aliphatic rings. The summed E-state index contributed by atoms with van der Waals surface area (Å²) in [5.41, 5.74) is 0.605. The number of benzene rings is 2. The Bertz CT molecular complexity index is 1050. The molecule has 1 N–H and O–H groups in total. The SMILES string of the molecule is CNCC1CCN(C(=O)c2ccc3c(c2)S(=O)(=O)c2ccccc2C3=O)C1.Cl. The molecule has 8 heteroatoms. The number of sulfone groups is 1. The van der Waals surface area contributed by atoms with Crippen molar-refractivity contribution in [1.29, 1.82) is 0 Å². The number of hydrogen-bond acceptors (Lipinski definition) is 5. The molecule has 0 aliphatic carbocycles. The smallest absolute Gasteiger partial charge is 0.253 e. The van der Waals surface area contributed by atoms with E-state index in [9.17, 15) is 18.0 Å². The van der Waals surface area contributed by atoms with E-state index in [0.29, 0.717) is 24.6 Å². The third-order valence-corrected chi connectivity index (χ3v) is 7.10. The third kappa shape index (κ3) is 3.23. The Kier molecular flexibility index (Phi) is 5.61. The first kappa shape index (κ1) is 20.5. The van der Waals surface area contributed by atoms with E-state index in [1.165, 1.54) is 24.3 Å². The molecular formula is C20H21ClN2O4S. The predicted octanol–water partition coefficient (Wildman–Crippen LogP) is 2.17. The van der Waals surface area contributed by atoms with Crippen LogP contribution in [-0.2, 0) is 9.84 Å². The number of carbonyl (C=O) groups excluding carboxylic acids is 2. The van der Waals surface area contributed by atoms with Gasteiger partial charge >= 0.3 is 0 Å². The number of rotatable bonds is 3. The highest BCUT2D eigenvalue weighted by molar-refractivity contribution is 7.91. The average Bonchev–Trinajstić information content (AvgIpc) is 3.14. The fraction of sp³-hybridized carbons (Fsp3) is 0.300. The second kappa shape index (κ2) is 7.66. The lowest BCUT2D eigenvalue weighted by molar-refractivity contribution is 0.0786. The van der Waals surface area contributed by atoms with Gasteiger partial charge in [0.15, 0.2) is 5.78 Å². The Balaban J connectivity index is 0.00000225. The fourth-order valence-electron chi connectivity index (χ4n) is 3.87. The molecule has 2 heterocycles. The summed E-state index contributed by atoms with van der Waals surface area (Å²) >= 11 is 0. The van der Waals surface area contributed by atoms with Gasteiger partial charge in [-0.1, -0.05) is 12.1 Å². The minimum Gasteiger partial charge on any atom is -0.338 e. The van der Waals surface area contributed by atoms with Crippen LogP contribution in [0.3, 0.4) is 0 Å². The molecule has 2 aromatic carbocycles. The minimum absolute atomic E-state index is 0. The summed E-state index contributed by atoms with van der Waals surface area (Å²) in [5, 5.41) is 3.12. The molecule has 1 saturated heterocycles. The maximum absolute atomic E-state index is 13.0. The van der Waals surface area contributed by atoms with Crippen LogP contribution in [0.2, 0.25) is 0 Å². The van der Waals surface area contributed by atoms with Crippen LogP contribution in [0, 0.1) is 5.92 Å². The molecule has 2 aromatic rings. The van der Waals surface area contributed by atoms with Gasteiger partial charge in [0.1, 0.15) is 0 Å². The molecule has 1 unspecified atom stereocenters. The van der Waals surface area contributed by atoms with E-state index in [-0.39, 0.29) is 45.0 Å². The van der Waals surface area contributed by atoms with Gasteiger partial charge in [0.05, 0.1) is 9.79 Å². The van der Waals surface area contributed by atoms with Gasteiger partial charge in [-0.15, -0.1) is 12.4 Å². The molecule has 0 radical (unpaired) electrons. The monoisotopic (exact) mass is 420 g/mol. The van der Waals surface area contributed by atoms with E-state index in [1.54, 1.807) is 23.1 Å². The number of halogens is 1. The van der Waals surface area contributed by atoms with Crippen molar-refractivity contribution >= 4 is 33.9 Å². The molecule has 1 amide bonds. The van der Waals surface area contributed by atoms with E-state index in [0.717, 1.165) is 13.0 Å². The maximum Gasteiger partial charge on any atom is 0.253 e. The zero-order valence-corrected chi connectivity index (χ0v) is 17.0. The molecule has 4 rings (SSSR count). The Labute approximate surface area is 170 Å². The van der Waals surface area contributed by atoms with Crippen molar-refractivity contribution in [1.82, 2.24) is 10.2 Å². The lowest BCUT2D eigenvalue weighted by Gasteiger charge is -2.21. The largest absolute Gasteiger partial charge is 0.338 e. The van der Waals surface area contributed by atoms with Crippen LogP contribution in [-0.4, -0.2) is 51.7 Å². The molecule has 0 aromatic heterocycles. The summed E-state index contributed by atoms with van der Waals surface area (Å²) in [7, 11) is -1.95. The van der Waals surface area contributed by atoms with E-state index in [2.05, 4.69) is 5.32 Å². The first-order valence-electron chi connectivity index (χ1n) is 8.90. The van der Waals surface area contributed by atoms with E-state index < -0.39 is 9.84 Å². The van der Waals surface area contributed by atoms with E-state index >= 15 is 0 Å². The van der Waals surface area contributed by atoms with Gasteiger partial charge in [0.25, 0.3) is 5.91 Å². The summed E-state index contributed by atoms with van der Waals surface area (Å²) in [6.07, 6.45) is 0.918. The van der Waals surface area contributed by atoms with Crippen molar-refractivity contribution in [2.24, 2.45) is 5.92 Å². The lowest BCUT2D eigenvalue weighted by Crippen LogP contribution is -2.31. The molecule has 6 nitrogen and oxygen atoms in total. The van der Waals surface area contributed by atoms with Crippen LogP contribution in [0.15, 0.2) is 52.3 Å². The number of ketones is 1. The third-order valence-electron chi connectivity index (χ3n) is 5.25. The standard InChI is InChI=1S/C20H20N2O4S.ClH/c1-21-11-13-8-9-22(12-13)20(24)14-6-7-16-18(10-14)27(25,26)17-5-3-2-4-15(17)19(16)23;/h2-7,10,13,21H,8-9,11-12H2,1H3;1H. The molecule has 28 heavy (non-hydrogen) atoms. The Morgan fingerprint density at radius 3 is 2.61 bits per heavy atom. The predicted molar refractivity (Wildman–Crippen MR) is 107 cm³/mol. The number of carbonyl (C=O) groups is 2. The van der Waals surface area contributed by atoms with Gasteiger partial charge in [-0.25, -0.2) is 8.42 Å². The van der Waals surface area contributed by atoms with Crippen molar-refractivity contribution in [3.8, 4) is 0 Å². The van der Waals surface area contributed by atoms with Gasteiger partial charge < -0.3 is 10.2 Å². The molecular weight excluding hydrogens is 400 g/mol. The Morgan fingerprint density at radius 1 is 1.14 bits per heavy atom. The van der Waals surface area contributed by atoms with Crippen molar-refractivity contribution in [3.05, 3.63) is 59.2 Å². The molecule has 0 bridgehead atoms. The van der Waals surface area contributed by atoms with Crippen molar-refractivity contribution in [2.75, 3.05) is 26.7 Å². The highest BCUT2D eigenvalue weighted by Crippen LogP contribution is 2.35. The topological polar surface area (TPSA) is 83.6 Å². The normalized spacial score (nSPS) is 19.5. The van der Waals surface area contributed by atoms with Crippen molar-refractivity contribution < 1.29 is 18.0 Å². The van der Waals surface area contributed by atoms with E-state index in [1.807, 2.05) is 7.05 Å². The molecule has 1 fully saturated rings. The highest BCUT2D eigenvalue weighted by Gasteiger charge is 2.35. The number of nitrogens with one attached hydrogen (secondary N) is 1. The summed E-state index contributed by atoms with van der Waals surface area (Å²) < 4.78 is 26.0. The van der Waals surface area contributed by atoms with Crippen LogP contribution < -0.4 is 5.32 Å². The number of hydrogen-bond donors (Lipinski definition) is 1. The maximum atomic E-state index is 13.0. The van der Waals surface area contributed by atoms with E-state index in [4.69, 9.17) is 0 Å². The Morgan fingerprint density at radius 2 is 1.86 bits per heavy atom. The quantitative estimate of drug-likeness (QED) is 0.702. The number of likely N-dealkylation sites (tertiary alicyclic amines) is 1. The molecule has 0 spiro atoms. The minimum atomic E-state index is -3.83. The van der Waals surface area contributed by atoms with Crippen LogP contribution in [0.4, 0.5) is 0 Å². The summed E-state index contributed by atoms with van der Waals surface area (Å²) in [6.45, 7) is 2.13. The zero-order chi connectivity index (χ0) is 19.2. The zero-order valence-electron chi connectivity index (χ0n) is 15.3. The molecule has 0 saturated carbocycles. The van der Waals surface area contributed by atoms with Crippen molar-refractivity contribution in [2.45, 2.75) is 16.2 Å². The first-order chi connectivity index (χ1) is 12.9. The lowest BCUT2D eigenvalue weighted by atomic mass is 10.0. The summed E-state index contributed by atoms with van der Waals surface area (Å²) in [5.74, 6) is -0.128. The second-order valence-electron chi connectivity index (χ2n) is 7.00. The van der Waals surface area contributed by atoms with Gasteiger partial charge in [-0.05, 0) is 56.3 Å². The summed E-state index contributed by atoms with van der Waals surface area (Å²) in [6, 6.07) is 10.5. The fourth-order valence-corrected chi connectivity index (χ4v) is 5.55. The van der Waals surface area contributed by atoms with Crippen molar-refractivity contribution in [3.63, 3.8) is 0 Å². The van der Waals surface area contributed by atoms with Crippen LogP contribution in [0.1, 0.15) is 32.7 Å². The van der Waals surface area contributed by atoms with Gasteiger partial charge in [0.2, 0.25) is 9.84 Å². The highest BCUT2D eigenvalue weighted by atomic mass is 35.5. The van der Waals surface area contributed by atoms with Crippen LogP contribution in [0.25, 0.3) is 0 Å². The number of amides is 1. The first-order valence-corrected chi connectivity index (χ1v) is 10.4. The van der Waals surface area contributed by atoms with Crippen LogP contribution >= 0.6 is 12.4 Å². The number of fused-ring (bicyclic) bond motifs is 2. The summed E-state index contributed by atoms with van der Waals surface area (Å²) in [4.78, 5) is 27.2. The van der Waals surface area contributed by atoms with Gasteiger partial charge in [-0.2, -0.15) is 0 Å².